The predicted molar refractivity (Wildman–Crippen MR) is 293 cm³/mol. The first-order valence-corrected chi connectivity index (χ1v) is 30.8. The maximum absolute atomic E-state index is 15.4. The minimum absolute atomic E-state index is 0.230. The number of alkyl halides is 1. The van der Waals surface area contributed by atoms with Gasteiger partial charge in [-0.15, -0.1) is 0 Å². The molecule has 1 saturated heterocycles. The maximum Gasteiger partial charge on any atom is 0.310 e. The van der Waals surface area contributed by atoms with Gasteiger partial charge >= 0.3 is 11.9 Å². The van der Waals surface area contributed by atoms with Gasteiger partial charge in [0.1, 0.15) is 31.0 Å². The van der Waals surface area contributed by atoms with Gasteiger partial charge in [0, 0.05) is 17.0 Å². The van der Waals surface area contributed by atoms with Crippen LogP contribution in [0.25, 0.3) is 0 Å². The molecule has 13 heteroatoms. The van der Waals surface area contributed by atoms with Crippen LogP contribution in [-0.2, 0) is 37.7 Å². The van der Waals surface area contributed by atoms with Crippen LogP contribution < -0.4 is 15.9 Å². The number of carbonyl (C=O) groups is 3. The van der Waals surface area contributed by atoms with Crippen LogP contribution in [0.2, 0.25) is 0 Å². The van der Waals surface area contributed by atoms with Crippen LogP contribution >= 0.6 is 7.37 Å². The zero-order valence-corrected chi connectivity index (χ0v) is 46.4. The summed E-state index contributed by atoms with van der Waals surface area (Å²) in [5.74, 6) is -1.86. The van der Waals surface area contributed by atoms with Crippen molar-refractivity contribution in [3.8, 4) is 0 Å². The molecule has 1 fully saturated rings. The third-order valence-corrected chi connectivity index (χ3v) is 16.7. The van der Waals surface area contributed by atoms with Gasteiger partial charge in [0.2, 0.25) is 5.91 Å². The molecule has 0 saturated carbocycles. The minimum atomic E-state index is -4.10. The molecule has 0 aromatic heterocycles. The molecule has 0 radical (unpaired) electrons. The number of unbranched alkanes of at least 4 members (excludes halogenated alkanes) is 26. The molecule has 3 N–H and O–H groups in total. The SMILES string of the molecule is CCCCCCCCCCCCCC(=O)O[C@H](CCCCCCCCCCC)CC(=O)O[C@H]1[C@H](OP(=O)(c2ccccc2)c2ccccc2)[C@@H](CF)OC(O)[C@@H]1NC(=O)C[C@H](O)CCCCCCCCCCC. The number of benzene rings is 2. The largest absolute Gasteiger partial charge is 0.462 e. The Morgan fingerprint density at radius 2 is 1.01 bits per heavy atom. The number of halogens is 1. The van der Waals surface area contributed by atoms with E-state index < -0.39 is 68.8 Å². The highest BCUT2D eigenvalue weighted by atomic mass is 31.2. The van der Waals surface area contributed by atoms with Gasteiger partial charge in [0.05, 0.1) is 18.9 Å². The Morgan fingerprint density at radius 1 is 0.589 bits per heavy atom. The number of carbonyl (C=O) groups excluding carboxylic acids is 3. The number of hydrogen-bond donors (Lipinski definition) is 3. The van der Waals surface area contributed by atoms with Crippen molar-refractivity contribution in [3.63, 3.8) is 0 Å². The second kappa shape index (κ2) is 40.2. The van der Waals surface area contributed by atoms with Crippen molar-refractivity contribution >= 4 is 35.8 Å². The van der Waals surface area contributed by atoms with Crippen LogP contribution in [0.1, 0.15) is 239 Å². The summed E-state index contributed by atoms with van der Waals surface area (Å²) in [5, 5.41) is 25.7. The molecule has 1 amide bonds. The molecule has 11 nitrogen and oxygen atoms in total. The Bertz CT molecular complexity index is 1710. The van der Waals surface area contributed by atoms with Crippen molar-refractivity contribution in [2.24, 2.45) is 0 Å². The summed E-state index contributed by atoms with van der Waals surface area (Å²) in [6.45, 7) is 5.42. The number of aliphatic hydroxyl groups is 2. The van der Waals surface area contributed by atoms with Crippen molar-refractivity contribution in [2.75, 3.05) is 6.67 Å². The van der Waals surface area contributed by atoms with E-state index in [1.54, 1.807) is 60.7 Å². The van der Waals surface area contributed by atoms with Crippen LogP contribution in [0.4, 0.5) is 4.39 Å². The van der Waals surface area contributed by atoms with E-state index in [0.29, 0.717) is 29.9 Å². The van der Waals surface area contributed by atoms with Crippen molar-refractivity contribution < 1.29 is 52.3 Å². The zero-order chi connectivity index (χ0) is 52.8. The Balaban J connectivity index is 1.80. The molecular formula is C60H99FNO10P. The third-order valence-electron chi connectivity index (χ3n) is 14.2. The van der Waals surface area contributed by atoms with Gasteiger partial charge < -0.3 is 34.3 Å². The Hall–Kier alpha value is -3.15. The molecule has 7 atom stereocenters. The lowest BCUT2D eigenvalue weighted by Crippen LogP contribution is -2.65. The van der Waals surface area contributed by atoms with Crippen LogP contribution in [0.5, 0.6) is 0 Å². The number of hydrogen-bond acceptors (Lipinski definition) is 10. The molecule has 2 aromatic carbocycles. The lowest BCUT2D eigenvalue weighted by molar-refractivity contribution is -0.250. The molecule has 416 valence electrons. The Labute approximate surface area is 441 Å². The molecule has 0 bridgehead atoms. The smallest absolute Gasteiger partial charge is 0.310 e. The van der Waals surface area contributed by atoms with Gasteiger partial charge in [-0.2, -0.15) is 0 Å². The molecule has 2 aromatic rings. The molecule has 0 spiro atoms. The highest BCUT2D eigenvalue weighted by Crippen LogP contribution is 2.48. The highest BCUT2D eigenvalue weighted by Gasteiger charge is 2.52. The van der Waals surface area contributed by atoms with E-state index in [-0.39, 0.29) is 25.2 Å². The molecule has 1 heterocycles. The fourth-order valence-electron chi connectivity index (χ4n) is 9.86. The maximum atomic E-state index is 15.4. The number of amides is 1. The number of nitrogens with one attached hydrogen (secondary N) is 1. The Morgan fingerprint density at radius 3 is 1.47 bits per heavy atom. The summed E-state index contributed by atoms with van der Waals surface area (Å²) in [7, 11) is -4.10. The van der Waals surface area contributed by atoms with Crippen LogP contribution in [-0.4, -0.2) is 77.6 Å². The normalized spacial score (nSPS) is 18.8. The van der Waals surface area contributed by atoms with Crippen LogP contribution in [0.15, 0.2) is 60.7 Å². The summed E-state index contributed by atoms with van der Waals surface area (Å²) in [4.78, 5) is 41.4. The van der Waals surface area contributed by atoms with Crippen molar-refractivity contribution in [1.82, 2.24) is 5.32 Å². The first kappa shape index (κ1) is 64.1. The summed E-state index contributed by atoms with van der Waals surface area (Å²) in [6, 6.07) is 15.4. The second-order valence-corrected chi connectivity index (χ2v) is 23.1. The first-order chi connectivity index (χ1) is 35.6. The fourth-order valence-corrected chi connectivity index (χ4v) is 12.1. The topological polar surface area (TPSA) is 158 Å². The number of ether oxygens (including phenoxy) is 3. The van der Waals surface area contributed by atoms with Gasteiger partial charge in [-0.25, -0.2) is 4.39 Å². The lowest BCUT2D eigenvalue weighted by Gasteiger charge is -2.44. The average Bonchev–Trinajstić information content (AvgIpc) is 3.39. The highest BCUT2D eigenvalue weighted by molar-refractivity contribution is 7.74. The molecule has 1 unspecified atom stereocenters. The van der Waals surface area contributed by atoms with Crippen LogP contribution in [0.3, 0.4) is 0 Å². The van der Waals surface area contributed by atoms with Gasteiger partial charge in [-0.05, 0) is 49.9 Å². The van der Waals surface area contributed by atoms with Crippen molar-refractivity contribution in [2.45, 2.75) is 282 Å². The number of esters is 2. The fraction of sp³-hybridized carbons (Fsp3) is 0.750. The molecule has 73 heavy (non-hydrogen) atoms. The molecule has 1 aliphatic heterocycles. The Kier molecular flexibility index (Phi) is 35.3. The summed E-state index contributed by atoms with van der Waals surface area (Å²) in [5.41, 5.74) is 0. The number of aliphatic hydroxyl groups excluding tert-OH is 2. The molecule has 3 rings (SSSR count). The monoisotopic (exact) mass is 1040 g/mol. The predicted octanol–water partition coefficient (Wildman–Crippen LogP) is 14.0. The van der Waals surface area contributed by atoms with E-state index in [0.717, 1.165) is 70.6 Å². The zero-order valence-electron chi connectivity index (χ0n) is 45.5. The first-order valence-electron chi connectivity index (χ1n) is 29.2. The minimum Gasteiger partial charge on any atom is -0.462 e. The van der Waals surface area contributed by atoms with E-state index in [4.69, 9.17) is 18.7 Å². The van der Waals surface area contributed by atoms with Gasteiger partial charge in [-0.3, -0.25) is 18.9 Å². The average molecular weight is 1040 g/mol. The lowest BCUT2D eigenvalue weighted by atomic mass is 9.96. The quantitative estimate of drug-likeness (QED) is 0.0331. The standard InChI is InChI=1S/C60H99FNO10P/c1-4-7-10-13-16-19-20-23-26-29-38-45-55(65)69-50(40-33-28-25-22-18-15-12-9-6-3)47-56(66)71-59-57(62-54(64)46-49(63)39-32-27-24-21-17-14-11-8-5-2)60(67)70-53(48-61)58(59)72-73(68,51-41-34-30-35-42-51)52-43-36-31-37-44-52/h30-31,34-37,41-44,49-50,53,57-60,63,67H,4-29,32-33,38-40,45-48H2,1-3H3,(H,62,64)/t49-,50-,53-,57-,58-,59-,60?/m1/s1. The summed E-state index contributed by atoms with van der Waals surface area (Å²) < 4.78 is 55.1. The second-order valence-electron chi connectivity index (χ2n) is 20.8. The van der Waals surface area contributed by atoms with Crippen LogP contribution in [0, 0.1) is 0 Å². The third kappa shape index (κ3) is 26.9. The van der Waals surface area contributed by atoms with Gasteiger partial charge in [0.15, 0.2) is 12.4 Å². The van der Waals surface area contributed by atoms with E-state index >= 15 is 8.96 Å². The molecular weight excluding hydrogens is 945 g/mol. The van der Waals surface area contributed by atoms with Crippen molar-refractivity contribution in [3.05, 3.63) is 60.7 Å². The van der Waals surface area contributed by atoms with Crippen molar-refractivity contribution in [1.29, 1.82) is 0 Å². The van der Waals surface area contributed by atoms with E-state index in [2.05, 4.69) is 26.1 Å². The van der Waals surface area contributed by atoms with E-state index in [1.165, 1.54) is 109 Å². The molecule has 0 aliphatic carbocycles. The van der Waals surface area contributed by atoms with E-state index in [9.17, 15) is 24.6 Å². The summed E-state index contributed by atoms with van der Waals surface area (Å²) >= 11 is 0. The summed E-state index contributed by atoms with van der Waals surface area (Å²) in [6.07, 6.45) is 24.4. The molecule has 1 aliphatic rings. The van der Waals surface area contributed by atoms with Gasteiger partial charge in [0.25, 0.3) is 7.37 Å². The number of rotatable bonds is 44. The van der Waals surface area contributed by atoms with E-state index in [1.807, 2.05) is 0 Å². The van der Waals surface area contributed by atoms with Gasteiger partial charge in [-0.1, -0.05) is 231 Å².